The highest BCUT2D eigenvalue weighted by atomic mass is 16.5. The van der Waals surface area contributed by atoms with E-state index in [1.807, 2.05) is 24.0 Å². The van der Waals surface area contributed by atoms with Gasteiger partial charge in [0.05, 0.1) is 31.0 Å². The molecule has 7 nitrogen and oxygen atoms in total. The summed E-state index contributed by atoms with van der Waals surface area (Å²) in [4.78, 5) is 37.5. The van der Waals surface area contributed by atoms with Crippen molar-refractivity contribution in [3.63, 3.8) is 0 Å². The van der Waals surface area contributed by atoms with Gasteiger partial charge >= 0.3 is 0 Å². The molecule has 2 bridgehead atoms. The van der Waals surface area contributed by atoms with Gasteiger partial charge in [-0.15, -0.1) is 0 Å². The van der Waals surface area contributed by atoms with Crippen molar-refractivity contribution < 1.29 is 14.3 Å². The molecule has 4 heterocycles. The van der Waals surface area contributed by atoms with Crippen LogP contribution in [0.1, 0.15) is 38.2 Å². The smallest absolute Gasteiger partial charge is 0.230 e. The van der Waals surface area contributed by atoms with Crippen molar-refractivity contribution in [1.29, 1.82) is 0 Å². The predicted octanol–water partition coefficient (Wildman–Crippen LogP) is 1.65. The van der Waals surface area contributed by atoms with E-state index in [0.29, 0.717) is 13.1 Å². The molecule has 7 heteroatoms. The third-order valence-corrected chi connectivity index (χ3v) is 6.32. The van der Waals surface area contributed by atoms with Crippen LogP contribution in [-0.4, -0.2) is 62.9 Å². The lowest BCUT2D eigenvalue weighted by molar-refractivity contribution is -0.143. The fourth-order valence-corrected chi connectivity index (χ4v) is 4.95. The zero-order valence-corrected chi connectivity index (χ0v) is 16.4. The van der Waals surface area contributed by atoms with Gasteiger partial charge in [-0.2, -0.15) is 0 Å². The van der Waals surface area contributed by atoms with Crippen LogP contribution in [0.25, 0.3) is 0 Å². The molecular weight excluding hydrogens is 344 g/mol. The molecule has 4 atom stereocenters. The van der Waals surface area contributed by atoms with Crippen LogP contribution in [-0.2, 0) is 20.9 Å². The zero-order valence-electron chi connectivity index (χ0n) is 16.4. The predicted molar refractivity (Wildman–Crippen MR) is 99.6 cm³/mol. The number of carbonyl (C=O) groups is 2. The molecule has 1 aromatic rings. The number of aromatic amines is 1. The molecule has 0 radical (unpaired) electrons. The van der Waals surface area contributed by atoms with Crippen LogP contribution >= 0.6 is 0 Å². The van der Waals surface area contributed by atoms with E-state index in [-0.39, 0.29) is 24.0 Å². The number of ether oxygens (including phenoxy) is 1. The highest BCUT2D eigenvalue weighted by molar-refractivity contribution is 5.93. The largest absolute Gasteiger partial charge is 0.360 e. The monoisotopic (exact) mass is 372 g/mol. The van der Waals surface area contributed by atoms with E-state index in [9.17, 15) is 9.59 Å². The van der Waals surface area contributed by atoms with E-state index in [4.69, 9.17) is 4.74 Å². The lowest BCUT2D eigenvalue weighted by Gasteiger charge is -2.29. The summed E-state index contributed by atoms with van der Waals surface area (Å²) in [6.45, 7) is 7.08. The first kappa shape index (κ1) is 18.2. The summed E-state index contributed by atoms with van der Waals surface area (Å²) in [5, 5.41) is 0. The Bertz CT molecular complexity index is 784. The van der Waals surface area contributed by atoms with Crippen LogP contribution in [0.3, 0.4) is 0 Å². The minimum atomic E-state index is -0.632. The van der Waals surface area contributed by atoms with Gasteiger partial charge in [-0.1, -0.05) is 26.0 Å². The van der Waals surface area contributed by atoms with Gasteiger partial charge in [0.25, 0.3) is 0 Å². The number of nitrogens with zero attached hydrogens (tertiary/aromatic N) is 3. The molecule has 1 aromatic heterocycles. The molecular formula is C20H28N4O3. The fourth-order valence-electron chi connectivity index (χ4n) is 4.95. The molecule has 1 N–H and O–H groups in total. The Labute approximate surface area is 159 Å². The maximum Gasteiger partial charge on any atom is 0.230 e. The number of nitrogens with one attached hydrogen (secondary N) is 1. The van der Waals surface area contributed by atoms with Crippen molar-refractivity contribution >= 4 is 11.8 Å². The molecule has 2 fully saturated rings. The van der Waals surface area contributed by atoms with E-state index in [1.165, 1.54) is 0 Å². The number of likely N-dealkylation sites (tertiary alicyclic amines) is 1. The second-order valence-corrected chi connectivity index (χ2v) is 8.04. The second-order valence-electron chi connectivity index (χ2n) is 8.04. The summed E-state index contributed by atoms with van der Waals surface area (Å²) < 4.78 is 6.22. The lowest BCUT2D eigenvalue weighted by Crippen LogP contribution is -2.45. The van der Waals surface area contributed by atoms with Gasteiger partial charge in [0, 0.05) is 25.0 Å². The lowest BCUT2D eigenvalue weighted by atomic mass is 9.76. The van der Waals surface area contributed by atoms with Crippen molar-refractivity contribution in [2.75, 3.05) is 13.6 Å². The van der Waals surface area contributed by atoms with Gasteiger partial charge < -0.3 is 19.5 Å². The van der Waals surface area contributed by atoms with Crippen LogP contribution in [0.15, 0.2) is 18.3 Å². The number of H-pyrrole nitrogens is 1. The average Bonchev–Trinajstić information content (AvgIpc) is 3.38. The maximum absolute atomic E-state index is 13.3. The standard InChI is InChI=1S/C20H28N4O3/c1-5-13(6-2)24-11-20-8-7-14(27-20)16(17(20)19(24)26)18(25)23(4)10-15-21-9-12(3)22-15/h7-9,13-14,16-17H,5-6,10-11H2,1-4H3,(H,21,22)/t14-,16-,17+,20-/m0/s1. The van der Waals surface area contributed by atoms with Crippen LogP contribution in [0, 0.1) is 18.8 Å². The first-order chi connectivity index (χ1) is 12.9. The maximum atomic E-state index is 13.3. The van der Waals surface area contributed by atoms with Crippen molar-refractivity contribution in [2.24, 2.45) is 11.8 Å². The fraction of sp³-hybridized carbons (Fsp3) is 0.650. The van der Waals surface area contributed by atoms with Crippen LogP contribution < -0.4 is 0 Å². The average molecular weight is 372 g/mol. The Hall–Kier alpha value is -2.15. The molecule has 3 aliphatic heterocycles. The summed E-state index contributed by atoms with van der Waals surface area (Å²) in [6, 6.07) is 0.202. The Balaban J connectivity index is 1.56. The summed E-state index contributed by atoms with van der Waals surface area (Å²) >= 11 is 0. The van der Waals surface area contributed by atoms with Gasteiger partial charge in [0.2, 0.25) is 11.8 Å². The first-order valence-corrected chi connectivity index (χ1v) is 9.83. The Kier molecular flexibility index (Phi) is 4.37. The van der Waals surface area contributed by atoms with Crippen molar-refractivity contribution in [2.45, 2.75) is 57.9 Å². The summed E-state index contributed by atoms with van der Waals surface area (Å²) in [6.07, 6.45) is 7.25. The summed E-state index contributed by atoms with van der Waals surface area (Å²) in [5.74, 6) is -0.112. The molecule has 0 saturated carbocycles. The number of fused-ring (bicyclic) bond motifs is 1. The second kappa shape index (κ2) is 6.48. The van der Waals surface area contributed by atoms with Gasteiger partial charge in [0.1, 0.15) is 11.4 Å². The van der Waals surface area contributed by atoms with E-state index in [2.05, 4.69) is 23.8 Å². The minimum Gasteiger partial charge on any atom is -0.360 e. The number of imidazole rings is 1. The van der Waals surface area contributed by atoms with Gasteiger partial charge in [-0.05, 0) is 19.8 Å². The number of rotatable bonds is 6. The number of hydrogen-bond donors (Lipinski definition) is 1. The van der Waals surface area contributed by atoms with Crippen molar-refractivity contribution in [1.82, 2.24) is 19.8 Å². The van der Waals surface area contributed by atoms with Crippen molar-refractivity contribution in [3.8, 4) is 0 Å². The molecule has 1 spiro atoms. The molecule has 0 unspecified atom stereocenters. The number of carbonyl (C=O) groups excluding carboxylic acids is 2. The number of hydrogen-bond acceptors (Lipinski definition) is 4. The Morgan fingerprint density at radius 3 is 2.85 bits per heavy atom. The Morgan fingerprint density at radius 2 is 2.22 bits per heavy atom. The highest BCUT2D eigenvalue weighted by Crippen LogP contribution is 2.52. The van der Waals surface area contributed by atoms with E-state index in [0.717, 1.165) is 24.4 Å². The van der Waals surface area contributed by atoms with Gasteiger partial charge in [0.15, 0.2) is 0 Å². The van der Waals surface area contributed by atoms with Crippen LogP contribution in [0.2, 0.25) is 0 Å². The molecule has 0 aliphatic carbocycles. The molecule has 27 heavy (non-hydrogen) atoms. The van der Waals surface area contributed by atoms with Gasteiger partial charge in [-0.3, -0.25) is 9.59 Å². The third kappa shape index (κ3) is 2.71. The quantitative estimate of drug-likeness (QED) is 0.770. The first-order valence-electron chi connectivity index (χ1n) is 9.83. The highest BCUT2D eigenvalue weighted by Gasteiger charge is 2.67. The topological polar surface area (TPSA) is 78.5 Å². The van der Waals surface area contributed by atoms with Crippen molar-refractivity contribution in [3.05, 3.63) is 29.9 Å². The van der Waals surface area contributed by atoms with E-state index < -0.39 is 17.4 Å². The van der Waals surface area contributed by atoms with Gasteiger partial charge in [-0.25, -0.2) is 4.98 Å². The summed E-state index contributed by atoms with van der Waals surface area (Å²) in [5.41, 5.74) is 0.329. The Morgan fingerprint density at radius 1 is 1.48 bits per heavy atom. The summed E-state index contributed by atoms with van der Waals surface area (Å²) in [7, 11) is 1.76. The molecule has 4 rings (SSSR count). The molecule has 3 aliphatic rings. The number of aromatic nitrogens is 2. The molecule has 0 aromatic carbocycles. The SMILES string of the molecule is CCC(CC)N1C[C@]23C=C[C@H](O2)[C@H](C(=O)N(C)Cc2ncc(C)[nH]2)[C@@H]3C1=O. The molecule has 146 valence electrons. The number of aryl methyl sites for hydroxylation is 1. The minimum absolute atomic E-state index is 0.0509. The molecule has 2 amide bonds. The third-order valence-electron chi connectivity index (χ3n) is 6.32. The van der Waals surface area contributed by atoms with E-state index in [1.54, 1.807) is 18.1 Å². The van der Waals surface area contributed by atoms with Crippen LogP contribution in [0.4, 0.5) is 0 Å². The normalized spacial score (nSPS) is 31.2. The number of amides is 2. The molecule has 2 saturated heterocycles. The zero-order chi connectivity index (χ0) is 19.3. The van der Waals surface area contributed by atoms with E-state index >= 15 is 0 Å². The van der Waals surface area contributed by atoms with Crippen LogP contribution in [0.5, 0.6) is 0 Å².